The second kappa shape index (κ2) is 7.33. The predicted octanol–water partition coefficient (Wildman–Crippen LogP) is 3.08. The lowest BCUT2D eigenvalue weighted by Gasteiger charge is -2.25. The van der Waals surface area contributed by atoms with Gasteiger partial charge in [-0.1, -0.05) is 30.3 Å². The molecule has 0 spiro atoms. The lowest BCUT2D eigenvalue weighted by molar-refractivity contribution is 0.0688. The van der Waals surface area contributed by atoms with Crippen molar-refractivity contribution in [3.05, 3.63) is 72.2 Å². The van der Waals surface area contributed by atoms with Crippen LogP contribution in [-0.2, 0) is 0 Å². The summed E-state index contributed by atoms with van der Waals surface area (Å²) in [4.78, 5) is 37.6. The Hall–Kier alpha value is -3.94. The third kappa shape index (κ3) is 2.98. The van der Waals surface area contributed by atoms with Gasteiger partial charge in [0.05, 0.1) is 35.1 Å². The van der Waals surface area contributed by atoms with Crippen molar-refractivity contribution in [2.24, 2.45) is 0 Å². The van der Waals surface area contributed by atoms with E-state index in [0.717, 1.165) is 35.1 Å². The molecule has 2 aliphatic rings. The molecule has 2 fully saturated rings. The van der Waals surface area contributed by atoms with Gasteiger partial charge in [0, 0.05) is 24.2 Å². The van der Waals surface area contributed by atoms with Crippen LogP contribution in [0.15, 0.2) is 60.9 Å². The lowest BCUT2D eigenvalue weighted by atomic mass is 10.1. The first-order chi connectivity index (χ1) is 15.7. The summed E-state index contributed by atoms with van der Waals surface area (Å²) >= 11 is 0. The predicted molar refractivity (Wildman–Crippen MR) is 119 cm³/mol. The number of hydrogen-bond donors (Lipinski definition) is 2. The van der Waals surface area contributed by atoms with E-state index < -0.39 is 0 Å². The molecule has 2 aliphatic heterocycles. The summed E-state index contributed by atoms with van der Waals surface area (Å²) in [5.41, 5.74) is 4.54. The van der Waals surface area contributed by atoms with Gasteiger partial charge in [0.2, 0.25) is 0 Å². The zero-order valence-electron chi connectivity index (χ0n) is 17.4. The van der Waals surface area contributed by atoms with E-state index in [1.165, 1.54) is 0 Å². The number of nitrogens with one attached hydrogen (secondary N) is 2. The topological polar surface area (TPSA) is 98.0 Å². The van der Waals surface area contributed by atoms with Gasteiger partial charge in [0.1, 0.15) is 5.69 Å². The largest absolute Gasteiger partial charge is 0.345 e. The van der Waals surface area contributed by atoms with Gasteiger partial charge >= 0.3 is 0 Å². The Bertz CT molecular complexity index is 1310. The molecular formula is C24H22N6O2. The maximum absolute atomic E-state index is 13.2. The highest BCUT2D eigenvalue weighted by molar-refractivity contribution is 5.98. The van der Waals surface area contributed by atoms with E-state index >= 15 is 0 Å². The number of rotatable bonds is 3. The first kappa shape index (κ1) is 18.8. The van der Waals surface area contributed by atoms with Gasteiger partial charge in [0.25, 0.3) is 11.8 Å². The molecule has 6 rings (SSSR count). The second-order valence-electron chi connectivity index (χ2n) is 8.38. The molecule has 2 N–H and O–H groups in total. The van der Waals surface area contributed by atoms with E-state index in [0.29, 0.717) is 24.3 Å². The molecule has 2 amide bonds. The third-order valence-corrected chi connectivity index (χ3v) is 6.64. The highest BCUT2D eigenvalue weighted by Gasteiger charge is 2.46. The lowest BCUT2D eigenvalue weighted by Crippen LogP contribution is -2.41. The van der Waals surface area contributed by atoms with E-state index in [1.807, 2.05) is 64.4 Å². The number of likely N-dealkylation sites (tertiary alicyclic amines) is 2. The summed E-state index contributed by atoms with van der Waals surface area (Å²) in [5.74, 6) is -0.0448. The standard InChI is InChI=1S/C24H22N6O2/c31-23(16-6-7-17-19(12-16)26-14-25-17)29-10-8-22-21(29)9-11-30(22)24(32)20-13-18(27-28-20)15-4-2-1-3-5-15/h1-7,12-14,21-22H,8-11H2,(H,25,26)(H,27,28)/t21-,22+/m0/s1. The number of fused-ring (bicyclic) bond motifs is 2. The molecule has 2 aromatic heterocycles. The number of amides is 2. The quantitative estimate of drug-likeness (QED) is 0.526. The van der Waals surface area contributed by atoms with Crippen LogP contribution >= 0.6 is 0 Å². The summed E-state index contributed by atoms with van der Waals surface area (Å²) in [5, 5.41) is 7.23. The van der Waals surface area contributed by atoms with Crippen LogP contribution < -0.4 is 0 Å². The molecule has 8 heteroatoms. The monoisotopic (exact) mass is 426 g/mol. The van der Waals surface area contributed by atoms with E-state index in [-0.39, 0.29) is 23.9 Å². The SMILES string of the molecule is O=C(c1cc(-c2ccccc2)n[nH]1)N1CC[C@H]2[C@H]1CCN2C(=O)c1ccc2nc[nH]c2c1. The van der Waals surface area contributed by atoms with E-state index in [9.17, 15) is 9.59 Å². The molecule has 4 heterocycles. The summed E-state index contributed by atoms with van der Waals surface area (Å²) in [6.07, 6.45) is 3.20. The molecule has 8 nitrogen and oxygen atoms in total. The molecule has 4 aromatic rings. The van der Waals surface area contributed by atoms with Gasteiger partial charge in [-0.2, -0.15) is 5.10 Å². The number of imidazole rings is 1. The van der Waals surface area contributed by atoms with Crippen molar-refractivity contribution in [2.75, 3.05) is 13.1 Å². The molecule has 2 atom stereocenters. The van der Waals surface area contributed by atoms with Crippen LogP contribution in [-0.4, -0.2) is 67.0 Å². The maximum Gasteiger partial charge on any atom is 0.272 e. The zero-order chi connectivity index (χ0) is 21.7. The Morgan fingerprint density at radius 3 is 2.44 bits per heavy atom. The van der Waals surface area contributed by atoms with Crippen molar-refractivity contribution in [1.29, 1.82) is 0 Å². The van der Waals surface area contributed by atoms with Crippen LogP contribution in [0, 0.1) is 0 Å². The minimum atomic E-state index is -0.0552. The van der Waals surface area contributed by atoms with Gasteiger partial charge in [-0.25, -0.2) is 4.98 Å². The number of benzene rings is 2. The summed E-state index contributed by atoms with van der Waals surface area (Å²) in [6, 6.07) is 17.2. The van der Waals surface area contributed by atoms with Gasteiger partial charge in [0.15, 0.2) is 0 Å². The van der Waals surface area contributed by atoms with Crippen LogP contribution in [0.5, 0.6) is 0 Å². The molecule has 32 heavy (non-hydrogen) atoms. The van der Waals surface area contributed by atoms with Gasteiger partial charge in [-0.05, 0) is 37.1 Å². The molecule has 0 bridgehead atoms. The van der Waals surface area contributed by atoms with Crippen molar-refractivity contribution in [1.82, 2.24) is 30.0 Å². The molecule has 160 valence electrons. The van der Waals surface area contributed by atoms with Gasteiger partial charge < -0.3 is 14.8 Å². The molecule has 0 saturated carbocycles. The summed E-state index contributed by atoms with van der Waals surface area (Å²) in [7, 11) is 0. The first-order valence-corrected chi connectivity index (χ1v) is 10.8. The zero-order valence-corrected chi connectivity index (χ0v) is 17.4. The normalized spacial score (nSPS) is 20.1. The number of hydrogen-bond acceptors (Lipinski definition) is 4. The van der Waals surface area contributed by atoms with Crippen molar-refractivity contribution in [2.45, 2.75) is 24.9 Å². The van der Waals surface area contributed by atoms with E-state index in [4.69, 9.17) is 0 Å². The Labute approximate surface area is 184 Å². The Morgan fingerprint density at radius 2 is 1.66 bits per heavy atom. The maximum atomic E-state index is 13.2. The van der Waals surface area contributed by atoms with Crippen molar-refractivity contribution < 1.29 is 9.59 Å². The fraction of sp³-hybridized carbons (Fsp3) is 0.250. The summed E-state index contributed by atoms with van der Waals surface area (Å²) < 4.78 is 0. The fourth-order valence-electron chi connectivity index (χ4n) is 5.07. The Morgan fingerprint density at radius 1 is 0.906 bits per heavy atom. The minimum absolute atomic E-state index is 0.0104. The van der Waals surface area contributed by atoms with Gasteiger partial charge in [-0.3, -0.25) is 14.7 Å². The summed E-state index contributed by atoms with van der Waals surface area (Å²) in [6.45, 7) is 1.29. The number of nitrogens with zero attached hydrogens (tertiary/aromatic N) is 4. The molecular weight excluding hydrogens is 404 g/mol. The number of H-pyrrole nitrogens is 2. The second-order valence-corrected chi connectivity index (χ2v) is 8.38. The van der Waals surface area contributed by atoms with Crippen LogP contribution in [0.2, 0.25) is 0 Å². The number of carbonyl (C=O) groups is 2. The number of aromatic amines is 2. The smallest absolute Gasteiger partial charge is 0.272 e. The first-order valence-electron chi connectivity index (χ1n) is 10.8. The number of aromatic nitrogens is 4. The molecule has 0 radical (unpaired) electrons. The Balaban J connectivity index is 1.20. The molecule has 0 aliphatic carbocycles. The van der Waals surface area contributed by atoms with Crippen molar-refractivity contribution >= 4 is 22.8 Å². The van der Waals surface area contributed by atoms with Crippen LogP contribution in [0.3, 0.4) is 0 Å². The highest BCUT2D eigenvalue weighted by atomic mass is 16.2. The average Bonchev–Trinajstić information content (AvgIpc) is 3.62. The van der Waals surface area contributed by atoms with Crippen molar-refractivity contribution in [3.63, 3.8) is 0 Å². The minimum Gasteiger partial charge on any atom is -0.345 e. The van der Waals surface area contributed by atoms with Crippen molar-refractivity contribution in [3.8, 4) is 11.3 Å². The number of carbonyl (C=O) groups excluding carboxylic acids is 2. The molecule has 2 aromatic carbocycles. The van der Waals surface area contributed by atoms with Crippen LogP contribution in [0.25, 0.3) is 22.3 Å². The molecule has 2 saturated heterocycles. The van der Waals surface area contributed by atoms with Crippen LogP contribution in [0.4, 0.5) is 0 Å². The average molecular weight is 426 g/mol. The van der Waals surface area contributed by atoms with E-state index in [2.05, 4.69) is 20.2 Å². The fourth-order valence-corrected chi connectivity index (χ4v) is 5.07. The van der Waals surface area contributed by atoms with Crippen LogP contribution in [0.1, 0.15) is 33.7 Å². The van der Waals surface area contributed by atoms with Gasteiger partial charge in [-0.15, -0.1) is 0 Å². The third-order valence-electron chi connectivity index (χ3n) is 6.64. The highest BCUT2D eigenvalue weighted by Crippen LogP contribution is 2.34. The van der Waals surface area contributed by atoms with E-state index in [1.54, 1.807) is 6.33 Å². The molecule has 0 unspecified atom stereocenters. The Kier molecular flexibility index (Phi) is 4.31.